The highest BCUT2D eigenvalue weighted by Gasteiger charge is 2.41. The molecule has 0 atom stereocenters. The second-order valence-electron chi connectivity index (χ2n) is 3.33. The van der Waals surface area contributed by atoms with Crippen molar-refractivity contribution in [3.8, 4) is 0 Å². The third kappa shape index (κ3) is 1.17. The van der Waals surface area contributed by atoms with Crippen molar-refractivity contribution < 1.29 is 9.47 Å². The van der Waals surface area contributed by atoms with Crippen LogP contribution in [-0.4, -0.2) is 44.0 Å². The first kappa shape index (κ1) is 7.53. The molecule has 0 aromatic rings. The highest BCUT2D eigenvalue weighted by Crippen LogP contribution is 2.31. The van der Waals surface area contributed by atoms with Crippen molar-refractivity contribution in [1.82, 2.24) is 4.90 Å². The highest BCUT2D eigenvalue weighted by molar-refractivity contribution is 4.86. The minimum Gasteiger partial charge on any atom is -0.381 e. The molecule has 11 heavy (non-hydrogen) atoms. The maximum absolute atomic E-state index is 5.74. The molecule has 64 valence electrons. The summed E-state index contributed by atoms with van der Waals surface area (Å²) in [5.74, 6) is 0. The number of ether oxygens (including phenoxy) is 2. The van der Waals surface area contributed by atoms with Crippen molar-refractivity contribution in [2.45, 2.75) is 18.6 Å². The average molecular weight is 157 g/mol. The largest absolute Gasteiger partial charge is 0.381 e. The molecular weight excluding hydrogens is 142 g/mol. The van der Waals surface area contributed by atoms with Crippen LogP contribution in [0.1, 0.15) is 12.8 Å². The lowest BCUT2D eigenvalue weighted by molar-refractivity contribution is -0.136. The molecule has 0 aromatic carbocycles. The van der Waals surface area contributed by atoms with Gasteiger partial charge in [-0.25, -0.2) is 0 Å². The van der Waals surface area contributed by atoms with E-state index in [1.54, 1.807) is 0 Å². The van der Waals surface area contributed by atoms with Crippen LogP contribution in [0, 0.1) is 0 Å². The van der Waals surface area contributed by atoms with Gasteiger partial charge in [0.25, 0.3) is 0 Å². The van der Waals surface area contributed by atoms with E-state index in [4.69, 9.17) is 9.47 Å². The molecule has 2 heterocycles. The lowest BCUT2D eigenvalue weighted by Crippen LogP contribution is -2.46. The number of nitrogens with zero attached hydrogens (tertiary/aromatic N) is 1. The van der Waals surface area contributed by atoms with Gasteiger partial charge in [-0.1, -0.05) is 0 Å². The summed E-state index contributed by atoms with van der Waals surface area (Å²) in [6.07, 6.45) is 2.06. The molecule has 0 N–H and O–H groups in total. The molecule has 0 unspecified atom stereocenters. The van der Waals surface area contributed by atoms with Gasteiger partial charge < -0.3 is 9.47 Å². The smallest absolute Gasteiger partial charge is 0.126 e. The summed E-state index contributed by atoms with van der Waals surface area (Å²) in [7, 11) is 2.14. The minimum atomic E-state index is 0.0399. The van der Waals surface area contributed by atoms with Gasteiger partial charge in [-0.05, 0) is 7.05 Å². The first-order chi connectivity index (χ1) is 5.33. The Hall–Kier alpha value is -0.120. The Morgan fingerprint density at radius 1 is 1.18 bits per heavy atom. The maximum Gasteiger partial charge on any atom is 0.126 e. The van der Waals surface area contributed by atoms with E-state index in [1.807, 2.05) is 0 Å². The molecule has 0 radical (unpaired) electrons. The van der Waals surface area contributed by atoms with Crippen molar-refractivity contribution >= 4 is 0 Å². The van der Waals surface area contributed by atoms with Gasteiger partial charge in [0.2, 0.25) is 0 Å². The molecule has 0 bridgehead atoms. The number of hydrogen-bond acceptors (Lipinski definition) is 3. The Bertz CT molecular complexity index is 143. The van der Waals surface area contributed by atoms with Crippen LogP contribution in [0.15, 0.2) is 0 Å². The number of likely N-dealkylation sites (N-methyl/N-ethyl adjacent to an activating group) is 1. The first-order valence-electron chi connectivity index (χ1n) is 4.26. The van der Waals surface area contributed by atoms with E-state index in [9.17, 15) is 0 Å². The topological polar surface area (TPSA) is 21.7 Å². The van der Waals surface area contributed by atoms with Crippen LogP contribution in [0.5, 0.6) is 0 Å². The van der Waals surface area contributed by atoms with Gasteiger partial charge in [0.15, 0.2) is 0 Å². The van der Waals surface area contributed by atoms with Gasteiger partial charge in [-0.15, -0.1) is 0 Å². The first-order valence-corrected chi connectivity index (χ1v) is 4.26. The van der Waals surface area contributed by atoms with Crippen LogP contribution in [0.3, 0.4) is 0 Å². The molecule has 0 aromatic heterocycles. The second kappa shape index (κ2) is 2.73. The molecule has 0 saturated carbocycles. The fourth-order valence-electron chi connectivity index (χ4n) is 1.90. The Kier molecular flexibility index (Phi) is 1.87. The van der Waals surface area contributed by atoms with Crippen LogP contribution in [-0.2, 0) is 9.47 Å². The summed E-state index contributed by atoms with van der Waals surface area (Å²) in [5, 5.41) is 0. The molecule has 2 aliphatic heterocycles. The van der Waals surface area contributed by atoms with Gasteiger partial charge in [0.1, 0.15) is 5.72 Å². The van der Waals surface area contributed by atoms with E-state index in [2.05, 4.69) is 11.9 Å². The van der Waals surface area contributed by atoms with Gasteiger partial charge in [-0.3, -0.25) is 4.90 Å². The number of rotatable bonds is 0. The lowest BCUT2D eigenvalue weighted by atomic mass is 10.0. The van der Waals surface area contributed by atoms with Crippen molar-refractivity contribution in [2.24, 2.45) is 0 Å². The summed E-state index contributed by atoms with van der Waals surface area (Å²) in [5.41, 5.74) is 0.0399. The predicted molar refractivity (Wildman–Crippen MR) is 41.4 cm³/mol. The average Bonchev–Trinajstić information content (AvgIpc) is 2.36. The maximum atomic E-state index is 5.74. The normalized spacial score (nSPS) is 31.4. The van der Waals surface area contributed by atoms with Crippen LogP contribution in [0.2, 0.25) is 0 Å². The van der Waals surface area contributed by atoms with Gasteiger partial charge in [0, 0.05) is 19.4 Å². The molecule has 2 aliphatic rings. The monoisotopic (exact) mass is 157 g/mol. The van der Waals surface area contributed by atoms with Gasteiger partial charge in [0.05, 0.1) is 19.8 Å². The van der Waals surface area contributed by atoms with Gasteiger partial charge in [-0.2, -0.15) is 0 Å². The highest BCUT2D eigenvalue weighted by atomic mass is 16.5. The fraction of sp³-hybridized carbons (Fsp3) is 1.00. The molecule has 2 fully saturated rings. The van der Waals surface area contributed by atoms with E-state index < -0.39 is 0 Å². The van der Waals surface area contributed by atoms with Crippen molar-refractivity contribution in [3.63, 3.8) is 0 Å². The Balaban J connectivity index is 2.06. The van der Waals surface area contributed by atoms with Crippen molar-refractivity contribution in [1.29, 1.82) is 0 Å². The minimum absolute atomic E-state index is 0.0399. The lowest BCUT2D eigenvalue weighted by Gasteiger charge is -2.37. The summed E-state index contributed by atoms with van der Waals surface area (Å²) in [6, 6.07) is 0. The van der Waals surface area contributed by atoms with Gasteiger partial charge >= 0.3 is 0 Å². The van der Waals surface area contributed by atoms with E-state index in [0.29, 0.717) is 0 Å². The van der Waals surface area contributed by atoms with Crippen LogP contribution in [0.25, 0.3) is 0 Å². The molecule has 3 heteroatoms. The van der Waals surface area contributed by atoms with Crippen LogP contribution >= 0.6 is 0 Å². The third-order valence-electron chi connectivity index (χ3n) is 2.77. The molecule has 0 amide bonds. The number of hydrogen-bond donors (Lipinski definition) is 0. The summed E-state index contributed by atoms with van der Waals surface area (Å²) in [4.78, 5) is 2.32. The zero-order valence-corrected chi connectivity index (χ0v) is 7.01. The molecule has 2 saturated heterocycles. The predicted octanol–water partition coefficient (Wildman–Crippen LogP) is 0.455. The van der Waals surface area contributed by atoms with Crippen molar-refractivity contribution in [2.75, 3.05) is 33.4 Å². The zero-order valence-electron chi connectivity index (χ0n) is 7.01. The van der Waals surface area contributed by atoms with E-state index in [-0.39, 0.29) is 5.72 Å². The quantitative estimate of drug-likeness (QED) is 0.510. The van der Waals surface area contributed by atoms with Crippen molar-refractivity contribution in [3.05, 3.63) is 0 Å². The third-order valence-corrected chi connectivity index (χ3v) is 2.77. The Morgan fingerprint density at radius 2 is 1.91 bits per heavy atom. The second-order valence-corrected chi connectivity index (χ2v) is 3.33. The molecule has 3 nitrogen and oxygen atoms in total. The summed E-state index contributed by atoms with van der Waals surface area (Å²) in [6.45, 7) is 3.66. The van der Waals surface area contributed by atoms with E-state index in [1.165, 1.54) is 0 Å². The zero-order chi connectivity index (χ0) is 7.73. The summed E-state index contributed by atoms with van der Waals surface area (Å²) < 4.78 is 11.0. The SMILES string of the molecule is CN1CCOC12CCOCC2. The van der Waals surface area contributed by atoms with E-state index in [0.717, 1.165) is 39.2 Å². The standard InChI is InChI=1S/C8H15NO2/c1-9-4-7-11-8(9)2-5-10-6-3-8/h2-7H2,1H3. The Morgan fingerprint density at radius 3 is 2.45 bits per heavy atom. The molecule has 0 aliphatic carbocycles. The fourth-order valence-corrected chi connectivity index (χ4v) is 1.90. The molecular formula is C8H15NO2. The molecule has 2 rings (SSSR count). The molecule has 1 spiro atoms. The Labute approximate surface area is 67.3 Å². The van der Waals surface area contributed by atoms with Crippen LogP contribution < -0.4 is 0 Å². The van der Waals surface area contributed by atoms with E-state index >= 15 is 0 Å². The summed E-state index contributed by atoms with van der Waals surface area (Å²) >= 11 is 0. The van der Waals surface area contributed by atoms with Crippen LogP contribution in [0.4, 0.5) is 0 Å².